The molecule has 0 saturated carbocycles. The molecule has 0 fully saturated rings. The van der Waals surface area contributed by atoms with Crippen molar-refractivity contribution < 1.29 is 4.63 Å². The first-order chi connectivity index (χ1) is 3.30. The number of aromatic nitrogens is 2. The zero-order valence-corrected chi connectivity index (χ0v) is 4.16. The van der Waals surface area contributed by atoms with E-state index in [1.165, 1.54) is 0 Å². The Morgan fingerprint density at radius 2 is 2.57 bits per heavy atom. The van der Waals surface area contributed by atoms with Crippen LogP contribution in [0, 0.1) is 4.64 Å². The standard InChI is InChI=1S/C2H3N3OS/c3-1-2(7)5-6-4-1/h(H2,3,4)(H,5,7). The molecular formula is C2H3N3OS. The summed E-state index contributed by atoms with van der Waals surface area (Å²) in [6.07, 6.45) is 0. The van der Waals surface area contributed by atoms with Gasteiger partial charge in [0.05, 0.1) is 0 Å². The van der Waals surface area contributed by atoms with Gasteiger partial charge in [-0.1, -0.05) is 12.2 Å². The van der Waals surface area contributed by atoms with Gasteiger partial charge in [-0.15, -0.1) is 0 Å². The molecule has 3 N–H and O–H groups in total. The average molecular weight is 117 g/mol. The number of hydrogen-bond acceptors (Lipinski definition) is 4. The van der Waals surface area contributed by atoms with E-state index in [0.717, 1.165) is 0 Å². The Morgan fingerprint density at radius 3 is 2.71 bits per heavy atom. The van der Waals surface area contributed by atoms with Crippen LogP contribution in [0.2, 0.25) is 0 Å². The van der Waals surface area contributed by atoms with Crippen LogP contribution in [0.25, 0.3) is 0 Å². The molecule has 0 aromatic carbocycles. The minimum atomic E-state index is 0.231. The van der Waals surface area contributed by atoms with E-state index in [0.29, 0.717) is 4.64 Å². The molecule has 38 valence electrons. The quantitative estimate of drug-likeness (QED) is 0.480. The monoisotopic (exact) mass is 117 g/mol. The lowest BCUT2D eigenvalue weighted by Gasteiger charge is -1.64. The van der Waals surface area contributed by atoms with E-state index in [2.05, 4.69) is 27.2 Å². The lowest BCUT2D eigenvalue weighted by molar-refractivity contribution is 0.307. The van der Waals surface area contributed by atoms with Crippen LogP contribution in [-0.2, 0) is 0 Å². The molecule has 0 aliphatic rings. The summed E-state index contributed by atoms with van der Waals surface area (Å²) in [5.74, 6) is 0.231. The highest BCUT2D eigenvalue weighted by Gasteiger charge is 1.87. The van der Waals surface area contributed by atoms with Gasteiger partial charge in [0, 0.05) is 0 Å². The minimum Gasteiger partial charge on any atom is -0.378 e. The highest BCUT2D eigenvalue weighted by Crippen LogP contribution is 1.92. The topological polar surface area (TPSA) is 67.8 Å². The molecule has 1 aromatic heterocycles. The number of nitrogens with two attached hydrogens (primary N) is 1. The Bertz CT molecular complexity index is 201. The number of anilines is 1. The zero-order chi connectivity index (χ0) is 5.28. The molecule has 0 atom stereocenters. The predicted octanol–water partition coefficient (Wildman–Crippen LogP) is 0.314. The fourth-order valence-electron chi connectivity index (χ4n) is 0.207. The molecule has 1 heterocycles. The van der Waals surface area contributed by atoms with Gasteiger partial charge in [-0.25, -0.2) is 0 Å². The van der Waals surface area contributed by atoms with Gasteiger partial charge >= 0.3 is 0 Å². The van der Waals surface area contributed by atoms with Crippen LogP contribution in [0.1, 0.15) is 0 Å². The first kappa shape index (κ1) is 4.32. The highest BCUT2D eigenvalue weighted by molar-refractivity contribution is 7.71. The van der Waals surface area contributed by atoms with Crippen molar-refractivity contribution in [3.63, 3.8) is 0 Å². The van der Waals surface area contributed by atoms with Crippen LogP contribution in [0.3, 0.4) is 0 Å². The molecule has 1 rings (SSSR count). The maximum absolute atomic E-state index is 5.10. The van der Waals surface area contributed by atoms with E-state index in [4.69, 9.17) is 5.73 Å². The van der Waals surface area contributed by atoms with Crippen molar-refractivity contribution in [1.29, 1.82) is 0 Å². The highest BCUT2D eigenvalue weighted by atomic mass is 32.1. The second-order valence-corrected chi connectivity index (χ2v) is 1.41. The largest absolute Gasteiger partial charge is 0.378 e. The molecule has 7 heavy (non-hydrogen) atoms. The number of nitrogens with zero attached hydrogens (tertiary/aromatic N) is 1. The zero-order valence-electron chi connectivity index (χ0n) is 3.34. The van der Waals surface area contributed by atoms with E-state index in [1.807, 2.05) is 0 Å². The average Bonchev–Trinajstić information content (AvgIpc) is 1.91. The summed E-state index contributed by atoms with van der Waals surface area (Å²) in [7, 11) is 0. The van der Waals surface area contributed by atoms with Crippen molar-refractivity contribution in [2.75, 3.05) is 5.73 Å². The minimum absolute atomic E-state index is 0.231. The van der Waals surface area contributed by atoms with E-state index >= 15 is 0 Å². The third-order valence-electron chi connectivity index (χ3n) is 0.515. The summed E-state index contributed by atoms with van der Waals surface area (Å²) in [4.78, 5) is 0. The van der Waals surface area contributed by atoms with Crippen molar-refractivity contribution >= 4 is 18.0 Å². The van der Waals surface area contributed by atoms with Crippen molar-refractivity contribution in [1.82, 2.24) is 10.3 Å². The van der Waals surface area contributed by atoms with Gasteiger partial charge in [0.25, 0.3) is 0 Å². The maximum Gasteiger partial charge on any atom is 0.204 e. The molecule has 0 unspecified atom stereocenters. The van der Waals surface area contributed by atoms with E-state index in [9.17, 15) is 0 Å². The lowest BCUT2D eigenvalue weighted by Crippen LogP contribution is -1.81. The normalized spacial score (nSPS) is 9.14. The van der Waals surface area contributed by atoms with Gasteiger partial charge in [0.15, 0.2) is 4.64 Å². The molecule has 0 aliphatic heterocycles. The van der Waals surface area contributed by atoms with Crippen LogP contribution in [0.5, 0.6) is 0 Å². The van der Waals surface area contributed by atoms with Gasteiger partial charge in [-0.2, -0.15) is 5.16 Å². The summed E-state index contributed by atoms with van der Waals surface area (Å²) in [6.45, 7) is 0. The van der Waals surface area contributed by atoms with E-state index in [1.54, 1.807) is 0 Å². The van der Waals surface area contributed by atoms with Crippen molar-refractivity contribution in [3.8, 4) is 0 Å². The van der Waals surface area contributed by atoms with Crippen molar-refractivity contribution in [2.24, 2.45) is 0 Å². The molecule has 4 nitrogen and oxygen atoms in total. The summed E-state index contributed by atoms with van der Waals surface area (Å²) < 4.78 is 4.59. The number of nitrogens with one attached hydrogen (secondary N) is 1. The molecule has 0 amide bonds. The molecular weight excluding hydrogens is 114 g/mol. The fourth-order valence-corrected chi connectivity index (χ4v) is 0.282. The Kier molecular flexibility index (Phi) is 0.828. The summed E-state index contributed by atoms with van der Waals surface area (Å²) in [5, 5.41) is 5.53. The number of aromatic amines is 1. The third kappa shape index (κ3) is 0.614. The second kappa shape index (κ2) is 1.34. The molecule has 0 saturated heterocycles. The summed E-state index contributed by atoms with van der Waals surface area (Å²) in [5.41, 5.74) is 5.10. The molecule has 5 heteroatoms. The van der Waals surface area contributed by atoms with Crippen LogP contribution in [0.4, 0.5) is 5.82 Å². The molecule has 0 bridgehead atoms. The second-order valence-electron chi connectivity index (χ2n) is 0.999. The smallest absolute Gasteiger partial charge is 0.204 e. The Hall–Kier alpha value is -0.840. The summed E-state index contributed by atoms with van der Waals surface area (Å²) >= 11 is 4.55. The van der Waals surface area contributed by atoms with Crippen molar-refractivity contribution in [3.05, 3.63) is 4.64 Å². The van der Waals surface area contributed by atoms with Crippen LogP contribution in [-0.4, -0.2) is 10.3 Å². The summed E-state index contributed by atoms with van der Waals surface area (Å²) in [6, 6.07) is 0. The molecule has 0 aliphatic carbocycles. The van der Waals surface area contributed by atoms with Gasteiger partial charge in [-0.05, 0) is 5.16 Å². The van der Waals surface area contributed by atoms with E-state index in [-0.39, 0.29) is 5.82 Å². The van der Waals surface area contributed by atoms with Crippen LogP contribution >= 0.6 is 12.2 Å². The van der Waals surface area contributed by atoms with Gasteiger partial charge < -0.3 is 5.73 Å². The number of nitrogen functional groups attached to an aromatic ring is 1. The molecule has 0 radical (unpaired) electrons. The van der Waals surface area contributed by atoms with Gasteiger partial charge in [0.2, 0.25) is 5.82 Å². The number of rotatable bonds is 0. The third-order valence-corrected chi connectivity index (χ3v) is 0.807. The first-order valence-electron chi connectivity index (χ1n) is 1.60. The Balaban J connectivity index is 3.39. The first-order valence-corrected chi connectivity index (χ1v) is 2.01. The predicted molar refractivity (Wildman–Crippen MR) is 26.1 cm³/mol. The SMILES string of the molecule is Nc1no[nH]c1=S. The Morgan fingerprint density at radius 1 is 1.86 bits per heavy atom. The van der Waals surface area contributed by atoms with Crippen LogP contribution in [0.15, 0.2) is 4.63 Å². The number of hydrogen-bond donors (Lipinski definition) is 2. The van der Waals surface area contributed by atoms with Crippen molar-refractivity contribution in [2.45, 2.75) is 0 Å². The van der Waals surface area contributed by atoms with E-state index < -0.39 is 0 Å². The number of H-pyrrole nitrogens is 1. The fraction of sp³-hybridized carbons (Fsp3) is 0. The van der Waals surface area contributed by atoms with Crippen LogP contribution < -0.4 is 5.73 Å². The maximum atomic E-state index is 5.10. The lowest BCUT2D eigenvalue weighted by atomic mass is 10.8. The molecule has 1 aromatic rings. The van der Waals surface area contributed by atoms with Gasteiger partial charge in [-0.3, -0.25) is 4.63 Å². The van der Waals surface area contributed by atoms with Gasteiger partial charge in [0.1, 0.15) is 0 Å². The molecule has 0 spiro atoms. The Labute approximate surface area is 44.3 Å².